The maximum Gasteiger partial charge on any atom is 0.344 e. The Balaban J connectivity index is 1.97. The van der Waals surface area contributed by atoms with Gasteiger partial charge in [0.2, 0.25) is 5.91 Å². The van der Waals surface area contributed by atoms with Crippen molar-refractivity contribution in [3.63, 3.8) is 0 Å². The Labute approximate surface area is 140 Å². The van der Waals surface area contributed by atoms with E-state index in [0.717, 1.165) is 22.5 Å². The molecule has 3 amide bonds. The molecule has 0 unspecified atom stereocenters. The molecule has 1 aliphatic heterocycles. The molecule has 6 heteroatoms. The fraction of sp³-hybridized carbons (Fsp3) is 0.111. The number of aryl methyl sites for hydroxylation is 1. The van der Waals surface area contributed by atoms with Crippen LogP contribution < -0.4 is 15.9 Å². The number of carbonyl (C=O) groups is 2. The van der Waals surface area contributed by atoms with Crippen molar-refractivity contribution in [2.24, 2.45) is 0 Å². The Bertz CT molecular complexity index is 802. The lowest BCUT2D eigenvalue weighted by Gasteiger charge is -2.24. The first kappa shape index (κ1) is 15.8. The largest absolute Gasteiger partial charge is 0.344 e. The molecule has 1 heterocycles. The molecular weight excluding hydrogens is 304 g/mol. The van der Waals surface area contributed by atoms with Crippen LogP contribution in [0.2, 0.25) is 0 Å². The molecule has 0 fully saturated rings. The van der Waals surface area contributed by atoms with E-state index in [4.69, 9.17) is 0 Å². The van der Waals surface area contributed by atoms with Gasteiger partial charge in [-0.15, -0.1) is 5.53 Å². The summed E-state index contributed by atoms with van der Waals surface area (Å²) in [5.41, 5.74) is 6.75. The third-order valence-electron chi connectivity index (χ3n) is 3.53. The Kier molecular flexibility index (Phi) is 4.31. The summed E-state index contributed by atoms with van der Waals surface area (Å²) in [5, 5.41) is 5.32. The predicted molar refractivity (Wildman–Crippen MR) is 92.3 cm³/mol. The number of benzene rings is 2. The van der Waals surface area contributed by atoms with Crippen LogP contribution in [0.3, 0.4) is 0 Å². The maximum atomic E-state index is 12.1. The van der Waals surface area contributed by atoms with E-state index in [2.05, 4.69) is 10.9 Å². The number of anilines is 1. The monoisotopic (exact) mass is 322 g/mol. The summed E-state index contributed by atoms with van der Waals surface area (Å²) >= 11 is 0. The number of nitrogens with zero attached hydrogens (tertiary/aromatic N) is 2. The van der Waals surface area contributed by atoms with Crippen LogP contribution in [0.25, 0.3) is 5.70 Å². The van der Waals surface area contributed by atoms with Crippen LogP contribution in [0.5, 0.6) is 0 Å². The second-order valence-electron chi connectivity index (χ2n) is 5.51. The molecule has 0 saturated carbocycles. The Morgan fingerprint density at radius 1 is 1.04 bits per heavy atom. The average Bonchev–Trinajstić information content (AvgIpc) is 3.00. The van der Waals surface area contributed by atoms with E-state index in [1.54, 1.807) is 6.20 Å². The number of hydrazine groups is 2. The topological polar surface area (TPSA) is 64.7 Å². The number of imide groups is 1. The van der Waals surface area contributed by atoms with Crippen molar-refractivity contribution in [1.29, 1.82) is 0 Å². The number of urea groups is 1. The second-order valence-corrected chi connectivity index (χ2v) is 5.51. The van der Waals surface area contributed by atoms with E-state index in [0.29, 0.717) is 0 Å². The van der Waals surface area contributed by atoms with Crippen molar-refractivity contribution in [2.75, 3.05) is 5.01 Å². The van der Waals surface area contributed by atoms with Crippen LogP contribution in [0.1, 0.15) is 18.1 Å². The van der Waals surface area contributed by atoms with Crippen molar-refractivity contribution in [3.05, 3.63) is 71.9 Å². The fourth-order valence-corrected chi connectivity index (χ4v) is 2.46. The highest BCUT2D eigenvalue weighted by Crippen LogP contribution is 2.29. The van der Waals surface area contributed by atoms with Gasteiger partial charge in [0.25, 0.3) is 0 Å². The molecule has 0 bridgehead atoms. The molecular formula is C18H18N4O2. The van der Waals surface area contributed by atoms with E-state index in [1.807, 2.05) is 66.5 Å². The first-order valence-electron chi connectivity index (χ1n) is 7.56. The summed E-state index contributed by atoms with van der Waals surface area (Å²) in [4.78, 5) is 23.3. The van der Waals surface area contributed by atoms with Gasteiger partial charge in [0.15, 0.2) is 0 Å². The van der Waals surface area contributed by atoms with Crippen molar-refractivity contribution in [3.8, 4) is 0 Å². The zero-order valence-corrected chi connectivity index (χ0v) is 13.5. The zero-order valence-electron chi connectivity index (χ0n) is 13.5. The van der Waals surface area contributed by atoms with Crippen molar-refractivity contribution in [1.82, 2.24) is 15.9 Å². The molecule has 0 saturated heterocycles. The predicted octanol–water partition coefficient (Wildman–Crippen LogP) is 2.79. The van der Waals surface area contributed by atoms with Crippen LogP contribution in [0, 0.1) is 6.92 Å². The minimum atomic E-state index is -0.536. The minimum Gasteiger partial charge on any atom is -0.277 e. The Hall–Kier alpha value is -3.12. The minimum absolute atomic E-state index is 0.412. The van der Waals surface area contributed by atoms with E-state index in [-0.39, 0.29) is 0 Å². The molecule has 3 rings (SSSR count). The molecule has 0 radical (unpaired) electrons. The normalized spacial score (nSPS) is 13.7. The number of carbonyl (C=O) groups excluding carboxylic acids is 2. The van der Waals surface area contributed by atoms with Crippen molar-refractivity contribution in [2.45, 2.75) is 13.8 Å². The number of rotatable bonds is 2. The van der Waals surface area contributed by atoms with Gasteiger partial charge in [0.05, 0.1) is 17.6 Å². The highest BCUT2D eigenvalue weighted by Gasteiger charge is 2.27. The molecule has 1 aliphatic rings. The third kappa shape index (κ3) is 3.28. The molecule has 0 spiro atoms. The van der Waals surface area contributed by atoms with E-state index < -0.39 is 11.9 Å². The summed E-state index contributed by atoms with van der Waals surface area (Å²) in [5.74, 6) is -0.412. The fourth-order valence-electron chi connectivity index (χ4n) is 2.46. The lowest BCUT2D eigenvalue weighted by molar-refractivity contribution is -0.118. The van der Waals surface area contributed by atoms with Gasteiger partial charge in [-0.3, -0.25) is 15.1 Å². The smallest absolute Gasteiger partial charge is 0.277 e. The van der Waals surface area contributed by atoms with Gasteiger partial charge >= 0.3 is 6.03 Å². The van der Waals surface area contributed by atoms with Crippen LogP contribution in [0.4, 0.5) is 10.5 Å². The lowest BCUT2D eigenvalue weighted by Crippen LogP contribution is -2.48. The van der Waals surface area contributed by atoms with Gasteiger partial charge in [-0.1, -0.05) is 42.5 Å². The Morgan fingerprint density at radius 3 is 2.46 bits per heavy atom. The van der Waals surface area contributed by atoms with Gasteiger partial charge in [-0.2, -0.15) is 0 Å². The highest BCUT2D eigenvalue weighted by molar-refractivity contribution is 5.95. The van der Waals surface area contributed by atoms with Gasteiger partial charge in [0, 0.05) is 12.5 Å². The SMILES string of the molecule is CC(=O)NC(=O)N1C=C(c2ccccc2)N(c2cccc(C)c2)N1. The summed E-state index contributed by atoms with van der Waals surface area (Å²) in [6.07, 6.45) is 1.66. The van der Waals surface area contributed by atoms with Crippen LogP contribution in [-0.2, 0) is 4.79 Å². The molecule has 2 aromatic rings. The van der Waals surface area contributed by atoms with E-state index in [9.17, 15) is 9.59 Å². The van der Waals surface area contributed by atoms with Crippen molar-refractivity contribution < 1.29 is 9.59 Å². The number of nitrogens with one attached hydrogen (secondary N) is 2. The lowest BCUT2D eigenvalue weighted by atomic mass is 10.1. The highest BCUT2D eigenvalue weighted by atomic mass is 16.2. The number of hydrogen-bond donors (Lipinski definition) is 2. The van der Waals surface area contributed by atoms with E-state index in [1.165, 1.54) is 11.9 Å². The van der Waals surface area contributed by atoms with Gasteiger partial charge in [-0.25, -0.2) is 9.80 Å². The summed E-state index contributed by atoms with van der Waals surface area (Å²) in [6, 6.07) is 17.1. The molecule has 2 aromatic carbocycles. The molecule has 122 valence electrons. The van der Waals surface area contributed by atoms with E-state index >= 15 is 0 Å². The first-order valence-corrected chi connectivity index (χ1v) is 7.56. The third-order valence-corrected chi connectivity index (χ3v) is 3.53. The van der Waals surface area contributed by atoms with Gasteiger partial charge in [0.1, 0.15) is 0 Å². The molecule has 0 atom stereocenters. The second kappa shape index (κ2) is 6.55. The maximum absolute atomic E-state index is 12.1. The van der Waals surface area contributed by atoms with Crippen LogP contribution in [-0.4, -0.2) is 16.9 Å². The molecule has 0 aromatic heterocycles. The van der Waals surface area contributed by atoms with Gasteiger partial charge < -0.3 is 0 Å². The van der Waals surface area contributed by atoms with Crippen LogP contribution in [0.15, 0.2) is 60.8 Å². The summed E-state index contributed by atoms with van der Waals surface area (Å²) < 4.78 is 0. The zero-order chi connectivity index (χ0) is 17.1. The average molecular weight is 322 g/mol. The quantitative estimate of drug-likeness (QED) is 0.892. The molecule has 6 nitrogen and oxygen atoms in total. The molecule has 0 aliphatic carbocycles. The Morgan fingerprint density at radius 2 is 1.79 bits per heavy atom. The molecule has 2 N–H and O–H groups in total. The summed E-state index contributed by atoms with van der Waals surface area (Å²) in [7, 11) is 0. The first-order chi connectivity index (χ1) is 11.5. The van der Waals surface area contributed by atoms with Gasteiger partial charge in [-0.05, 0) is 24.6 Å². The number of amides is 3. The molecule has 24 heavy (non-hydrogen) atoms. The van der Waals surface area contributed by atoms with Crippen molar-refractivity contribution >= 4 is 23.3 Å². The standard InChI is InChI=1S/C18H18N4O2/c1-13-7-6-10-16(11-13)22-17(15-8-4-3-5-9-15)12-21(20-22)18(24)19-14(2)23/h3-12,20H,1-2H3,(H,19,23,24). The summed E-state index contributed by atoms with van der Waals surface area (Å²) in [6.45, 7) is 3.31. The van der Waals surface area contributed by atoms with Crippen LogP contribution >= 0.6 is 0 Å². The number of hydrogen-bond acceptors (Lipinski definition) is 4.